The van der Waals surface area contributed by atoms with E-state index in [2.05, 4.69) is 15.6 Å². The molecule has 1 aliphatic heterocycles. The second-order valence-corrected chi connectivity index (χ2v) is 5.98. The first kappa shape index (κ1) is 20.2. The fourth-order valence-corrected chi connectivity index (χ4v) is 2.84. The summed E-state index contributed by atoms with van der Waals surface area (Å²) < 4.78 is 10.7. The molecule has 1 aliphatic rings. The van der Waals surface area contributed by atoms with E-state index in [1.54, 1.807) is 7.05 Å². The largest absolute Gasteiger partial charge is 0.380 e. The summed E-state index contributed by atoms with van der Waals surface area (Å²) >= 11 is 0. The number of carbonyl (C=O) groups is 1. The molecule has 0 bridgehead atoms. The Morgan fingerprint density at radius 1 is 1.27 bits per heavy atom. The number of morpholine rings is 1. The third-order valence-corrected chi connectivity index (χ3v) is 4.26. The van der Waals surface area contributed by atoms with Gasteiger partial charge in [-0.1, -0.05) is 30.3 Å². The van der Waals surface area contributed by atoms with Crippen molar-refractivity contribution in [3.05, 3.63) is 35.9 Å². The molecule has 0 spiro atoms. The first-order chi connectivity index (χ1) is 12.8. The van der Waals surface area contributed by atoms with E-state index in [0.717, 1.165) is 5.56 Å². The Labute approximate surface area is 155 Å². The monoisotopic (exact) mass is 362 g/mol. The topological polar surface area (TPSA) is 75.2 Å². The summed E-state index contributed by atoms with van der Waals surface area (Å²) in [6.07, 6.45) is 0. The van der Waals surface area contributed by atoms with Crippen molar-refractivity contribution in [3.8, 4) is 0 Å². The molecule has 1 aromatic carbocycles. The average molecular weight is 362 g/mol. The number of rotatable bonds is 8. The summed E-state index contributed by atoms with van der Waals surface area (Å²) in [6.45, 7) is 6.91. The van der Waals surface area contributed by atoms with Gasteiger partial charge in [-0.25, -0.2) is 0 Å². The number of guanidine groups is 1. The Morgan fingerprint density at radius 2 is 2.00 bits per heavy atom. The normalized spacial score (nSPS) is 16.2. The van der Waals surface area contributed by atoms with Gasteiger partial charge >= 0.3 is 0 Å². The summed E-state index contributed by atoms with van der Waals surface area (Å²) in [6, 6.07) is 9.88. The zero-order chi connectivity index (χ0) is 18.6. The summed E-state index contributed by atoms with van der Waals surface area (Å²) in [5.41, 5.74) is 1.00. The molecule has 1 aromatic rings. The van der Waals surface area contributed by atoms with E-state index in [1.807, 2.05) is 42.2 Å². The Balaban J connectivity index is 1.98. The van der Waals surface area contributed by atoms with Gasteiger partial charge in [-0.2, -0.15) is 0 Å². The smallest absolute Gasteiger partial charge is 0.232 e. The van der Waals surface area contributed by atoms with Gasteiger partial charge in [-0.05, 0) is 12.5 Å². The fourth-order valence-electron chi connectivity index (χ4n) is 2.84. The van der Waals surface area contributed by atoms with Gasteiger partial charge in [0.05, 0.1) is 25.7 Å². The van der Waals surface area contributed by atoms with Crippen molar-refractivity contribution in [2.75, 3.05) is 59.7 Å². The maximum atomic E-state index is 13.0. The van der Waals surface area contributed by atoms with Crippen LogP contribution in [0.1, 0.15) is 18.4 Å². The minimum absolute atomic E-state index is 0.122. The predicted molar refractivity (Wildman–Crippen MR) is 102 cm³/mol. The maximum Gasteiger partial charge on any atom is 0.232 e. The van der Waals surface area contributed by atoms with Crippen molar-refractivity contribution in [2.24, 2.45) is 4.99 Å². The van der Waals surface area contributed by atoms with Gasteiger partial charge in [0.1, 0.15) is 0 Å². The number of amides is 1. The van der Waals surface area contributed by atoms with E-state index in [0.29, 0.717) is 58.6 Å². The molecule has 1 unspecified atom stereocenters. The number of hydrogen-bond acceptors (Lipinski definition) is 4. The molecule has 1 amide bonds. The van der Waals surface area contributed by atoms with Crippen LogP contribution >= 0.6 is 0 Å². The summed E-state index contributed by atoms with van der Waals surface area (Å²) in [4.78, 5) is 19.1. The van der Waals surface area contributed by atoms with Gasteiger partial charge in [0.25, 0.3) is 0 Å². The minimum atomic E-state index is -0.264. The van der Waals surface area contributed by atoms with Crippen molar-refractivity contribution >= 4 is 11.9 Å². The SMILES string of the molecule is CCOCCNC(=NC)NCC(C(=O)N1CCOCC1)c1ccccc1. The lowest BCUT2D eigenvalue weighted by atomic mass is 9.97. The average Bonchev–Trinajstić information content (AvgIpc) is 2.71. The van der Waals surface area contributed by atoms with E-state index in [-0.39, 0.29) is 11.8 Å². The van der Waals surface area contributed by atoms with Gasteiger partial charge in [0.2, 0.25) is 5.91 Å². The van der Waals surface area contributed by atoms with Crippen molar-refractivity contribution in [1.29, 1.82) is 0 Å². The van der Waals surface area contributed by atoms with Gasteiger partial charge in [0.15, 0.2) is 5.96 Å². The maximum absolute atomic E-state index is 13.0. The van der Waals surface area contributed by atoms with E-state index in [9.17, 15) is 4.79 Å². The van der Waals surface area contributed by atoms with Crippen molar-refractivity contribution in [3.63, 3.8) is 0 Å². The first-order valence-corrected chi connectivity index (χ1v) is 9.20. The van der Waals surface area contributed by atoms with Crippen molar-refractivity contribution < 1.29 is 14.3 Å². The van der Waals surface area contributed by atoms with Gasteiger partial charge in [-0.3, -0.25) is 9.79 Å². The second-order valence-electron chi connectivity index (χ2n) is 5.98. The number of nitrogens with one attached hydrogen (secondary N) is 2. The Bertz CT molecular complexity index is 559. The van der Waals surface area contributed by atoms with Crippen LogP contribution < -0.4 is 10.6 Å². The highest BCUT2D eigenvalue weighted by molar-refractivity contribution is 5.86. The van der Waals surface area contributed by atoms with Crippen molar-refractivity contribution in [1.82, 2.24) is 15.5 Å². The lowest BCUT2D eigenvalue weighted by Gasteiger charge is -2.31. The summed E-state index contributed by atoms with van der Waals surface area (Å²) in [7, 11) is 1.72. The summed E-state index contributed by atoms with van der Waals surface area (Å²) in [5, 5.41) is 6.47. The molecule has 1 fully saturated rings. The molecule has 0 aliphatic carbocycles. The van der Waals surface area contributed by atoms with Crippen LogP contribution in [0.15, 0.2) is 35.3 Å². The number of hydrogen-bond donors (Lipinski definition) is 2. The zero-order valence-electron chi connectivity index (χ0n) is 15.7. The molecule has 2 rings (SSSR count). The van der Waals surface area contributed by atoms with Crippen LogP contribution in [-0.2, 0) is 14.3 Å². The molecule has 1 heterocycles. The molecule has 2 N–H and O–H groups in total. The molecule has 1 saturated heterocycles. The lowest BCUT2D eigenvalue weighted by Crippen LogP contribution is -2.47. The third kappa shape index (κ3) is 6.31. The summed E-state index contributed by atoms with van der Waals surface area (Å²) in [5.74, 6) is 0.525. The molecule has 0 aromatic heterocycles. The molecule has 144 valence electrons. The van der Waals surface area contributed by atoms with Gasteiger partial charge in [-0.15, -0.1) is 0 Å². The molecule has 1 atom stereocenters. The Kier molecular flexibility index (Phi) is 8.92. The van der Waals surface area contributed by atoms with Crippen LogP contribution in [0.3, 0.4) is 0 Å². The molecular weight excluding hydrogens is 332 g/mol. The fraction of sp³-hybridized carbons (Fsp3) is 0.579. The third-order valence-electron chi connectivity index (χ3n) is 4.26. The van der Waals surface area contributed by atoms with E-state index >= 15 is 0 Å². The zero-order valence-corrected chi connectivity index (χ0v) is 15.7. The number of nitrogens with zero attached hydrogens (tertiary/aromatic N) is 2. The highest BCUT2D eigenvalue weighted by Gasteiger charge is 2.27. The van der Waals surface area contributed by atoms with Gasteiger partial charge in [0, 0.05) is 39.8 Å². The number of benzene rings is 1. The second kappa shape index (κ2) is 11.5. The molecule has 0 saturated carbocycles. The molecule has 7 nitrogen and oxygen atoms in total. The van der Waals surface area contributed by atoms with E-state index in [4.69, 9.17) is 9.47 Å². The number of ether oxygens (including phenoxy) is 2. The highest BCUT2D eigenvalue weighted by Crippen LogP contribution is 2.18. The first-order valence-electron chi connectivity index (χ1n) is 9.20. The standard InChI is InChI=1S/C19H30N4O3/c1-3-25-12-9-21-19(20-2)22-15-17(16-7-5-4-6-8-16)18(24)23-10-13-26-14-11-23/h4-8,17H,3,9-15H2,1-2H3,(H2,20,21,22). The quantitative estimate of drug-likeness (QED) is 0.407. The number of carbonyl (C=O) groups excluding carboxylic acids is 1. The van der Waals surface area contributed by atoms with Crippen LogP contribution in [0.4, 0.5) is 0 Å². The van der Waals surface area contributed by atoms with Crippen LogP contribution in [-0.4, -0.2) is 76.4 Å². The van der Waals surface area contributed by atoms with Crippen molar-refractivity contribution in [2.45, 2.75) is 12.8 Å². The van der Waals surface area contributed by atoms with Crippen LogP contribution in [0, 0.1) is 0 Å². The van der Waals surface area contributed by atoms with Crippen LogP contribution in [0.2, 0.25) is 0 Å². The molecule has 7 heteroatoms. The predicted octanol–water partition coefficient (Wildman–Crippen LogP) is 0.831. The molecule has 26 heavy (non-hydrogen) atoms. The Morgan fingerprint density at radius 3 is 2.65 bits per heavy atom. The van der Waals surface area contributed by atoms with E-state index < -0.39 is 0 Å². The molecular formula is C19H30N4O3. The van der Waals surface area contributed by atoms with Gasteiger partial charge < -0.3 is 25.0 Å². The Hall–Kier alpha value is -2.12. The van der Waals surface area contributed by atoms with Crippen LogP contribution in [0.5, 0.6) is 0 Å². The van der Waals surface area contributed by atoms with Crippen LogP contribution in [0.25, 0.3) is 0 Å². The van der Waals surface area contributed by atoms with E-state index in [1.165, 1.54) is 0 Å². The highest BCUT2D eigenvalue weighted by atomic mass is 16.5. The minimum Gasteiger partial charge on any atom is -0.380 e. The molecule has 0 radical (unpaired) electrons. The number of aliphatic imine (C=N–C) groups is 1. The lowest BCUT2D eigenvalue weighted by molar-refractivity contribution is -0.136.